The fourth-order valence-electron chi connectivity index (χ4n) is 4.11. The van der Waals surface area contributed by atoms with Crippen LogP contribution in [0.2, 0.25) is 12.1 Å². The Hall–Kier alpha value is -1.82. The van der Waals surface area contributed by atoms with Crippen LogP contribution in [0.5, 0.6) is 5.75 Å². The molecule has 1 fully saturated rings. The van der Waals surface area contributed by atoms with Crippen LogP contribution in [0.4, 0.5) is 17.6 Å². The summed E-state index contributed by atoms with van der Waals surface area (Å²) in [5.74, 6) is -2.42. The number of alkyl halides is 2. The molecule has 1 nitrogen and oxygen atoms in total. The zero-order valence-electron chi connectivity index (χ0n) is 16.7. The molecule has 0 aliphatic carbocycles. The molecule has 0 amide bonds. The van der Waals surface area contributed by atoms with Crippen molar-refractivity contribution in [1.82, 2.24) is 0 Å². The summed E-state index contributed by atoms with van der Waals surface area (Å²) in [5.41, 5.74) is 0.969. The van der Waals surface area contributed by atoms with Gasteiger partial charge in [-0.05, 0) is 29.2 Å². The Bertz CT molecular complexity index is 763. The van der Waals surface area contributed by atoms with Crippen molar-refractivity contribution in [3.8, 4) is 16.9 Å². The van der Waals surface area contributed by atoms with Crippen molar-refractivity contribution < 1.29 is 22.3 Å². The van der Waals surface area contributed by atoms with Gasteiger partial charge in [-0.3, -0.25) is 0 Å². The molecule has 0 saturated carbocycles. The summed E-state index contributed by atoms with van der Waals surface area (Å²) in [6, 6.07) is 12.5. The molecule has 157 valence electrons. The van der Waals surface area contributed by atoms with Gasteiger partial charge < -0.3 is 4.74 Å². The van der Waals surface area contributed by atoms with Gasteiger partial charge in [0.05, 0.1) is 8.80 Å². The van der Waals surface area contributed by atoms with Crippen LogP contribution in [0.15, 0.2) is 36.4 Å². The minimum atomic E-state index is -3.27. The first-order chi connectivity index (χ1) is 14.0. The normalized spacial score (nSPS) is 15.8. The van der Waals surface area contributed by atoms with Crippen molar-refractivity contribution in [2.75, 3.05) is 0 Å². The summed E-state index contributed by atoms with van der Waals surface area (Å²) in [4.78, 5) is 0. The number of ether oxygens (including phenoxy) is 1. The molecular formula is C23H27F4OSi. The van der Waals surface area contributed by atoms with E-state index in [-0.39, 0.29) is 0 Å². The van der Waals surface area contributed by atoms with Crippen molar-refractivity contribution >= 4 is 14.0 Å². The van der Waals surface area contributed by atoms with E-state index in [1.54, 1.807) is 0 Å². The number of benzene rings is 2. The Morgan fingerprint density at radius 1 is 0.966 bits per heavy atom. The Morgan fingerprint density at radius 3 is 2.14 bits per heavy atom. The number of hydrogen-bond acceptors (Lipinski definition) is 1. The van der Waals surface area contributed by atoms with Crippen LogP contribution < -0.4 is 9.92 Å². The highest BCUT2D eigenvalue weighted by molar-refractivity contribution is 6.73. The third-order valence-electron chi connectivity index (χ3n) is 5.76. The van der Waals surface area contributed by atoms with E-state index in [9.17, 15) is 17.6 Å². The summed E-state index contributed by atoms with van der Waals surface area (Å²) in [7, 11) is -0.573. The number of unbranched alkanes of at least 4 members (excludes halogenated alkanes) is 2. The second kappa shape index (κ2) is 10.3. The van der Waals surface area contributed by atoms with E-state index < -0.39 is 32.8 Å². The second-order valence-electron chi connectivity index (χ2n) is 7.77. The Balaban J connectivity index is 1.64. The highest BCUT2D eigenvalue weighted by atomic mass is 28.3. The van der Waals surface area contributed by atoms with Gasteiger partial charge in [0.25, 0.3) is 0 Å². The van der Waals surface area contributed by atoms with Crippen LogP contribution in [-0.2, 0) is 0 Å². The number of rotatable bonds is 8. The van der Waals surface area contributed by atoms with E-state index in [0.717, 1.165) is 18.1 Å². The van der Waals surface area contributed by atoms with Gasteiger partial charge in [-0.1, -0.05) is 87.0 Å². The molecule has 1 radical (unpaired) electrons. The highest BCUT2D eigenvalue weighted by Gasteiger charge is 2.24. The van der Waals surface area contributed by atoms with Crippen molar-refractivity contribution in [3.63, 3.8) is 0 Å². The van der Waals surface area contributed by atoms with Crippen LogP contribution in [0.3, 0.4) is 0 Å². The topological polar surface area (TPSA) is 9.23 Å². The van der Waals surface area contributed by atoms with Gasteiger partial charge in [0.2, 0.25) is 0 Å². The summed E-state index contributed by atoms with van der Waals surface area (Å²) >= 11 is 0. The predicted molar refractivity (Wildman–Crippen MR) is 110 cm³/mol. The van der Waals surface area contributed by atoms with E-state index in [4.69, 9.17) is 0 Å². The van der Waals surface area contributed by atoms with Gasteiger partial charge in [0.1, 0.15) is 0 Å². The van der Waals surface area contributed by atoms with Gasteiger partial charge in [-0.15, -0.1) is 0 Å². The van der Waals surface area contributed by atoms with Gasteiger partial charge >= 0.3 is 6.61 Å². The minimum Gasteiger partial charge on any atom is -0.429 e. The van der Waals surface area contributed by atoms with Crippen molar-refractivity contribution in [3.05, 3.63) is 48.0 Å². The van der Waals surface area contributed by atoms with E-state index >= 15 is 0 Å². The first-order valence-electron chi connectivity index (χ1n) is 10.4. The molecule has 0 unspecified atom stereocenters. The van der Waals surface area contributed by atoms with E-state index in [1.807, 2.05) is 12.1 Å². The molecule has 29 heavy (non-hydrogen) atoms. The molecule has 0 N–H and O–H groups in total. The van der Waals surface area contributed by atoms with Gasteiger partial charge in [0, 0.05) is 0 Å². The maximum absolute atomic E-state index is 14.0. The molecule has 1 saturated heterocycles. The summed E-state index contributed by atoms with van der Waals surface area (Å²) in [6.07, 6.45) is 7.90. The molecule has 0 bridgehead atoms. The van der Waals surface area contributed by atoms with Crippen LogP contribution in [0.25, 0.3) is 11.1 Å². The van der Waals surface area contributed by atoms with Crippen LogP contribution in [0.1, 0.15) is 45.4 Å². The summed E-state index contributed by atoms with van der Waals surface area (Å²) in [5, 5.41) is 1.35. The average Bonchev–Trinajstić information content (AvgIpc) is 2.71. The van der Waals surface area contributed by atoms with Gasteiger partial charge in [-0.2, -0.15) is 8.78 Å². The van der Waals surface area contributed by atoms with E-state index in [0.29, 0.717) is 11.1 Å². The van der Waals surface area contributed by atoms with Crippen molar-refractivity contribution in [2.24, 2.45) is 5.92 Å². The smallest absolute Gasteiger partial charge is 0.387 e. The molecule has 1 aliphatic heterocycles. The highest BCUT2D eigenvalue weighted by Crippen LogP contribution is 2.31. The monoisotopic (exact) mass is 423 g/mol. The quantitative estimate of drug-likeness (QED) is 0.254. The lowest BCUT2D eigenvalue weighted by molar-refractivity contribution is -0.0546. The summed E-state index contributed by atoms with van der Waals surface area (Å²) in [6.45, 7) is -1.03. The van der Waals surface area contributed by atoms with Crippen LogP contribution in [-0.4, -0.2) is 15.4 Å². The Labute approximate surface area is 171 Å². The number of hydrogen-bond donors (Lipinski definition) is 0. The molecule has 2 aromatic rings. The molecule has 6 heteroatoms. The van der Waals surface area contributed by atoms with E-state index in [1.165, 1.54) is 55.8 Å². The van der Waals surface area contributed by atoms with Gasteiger partial charge in [0.15, 0.2) is 17.4 Å². The first kappa shape index (κ1) is 21.9. The largest absolute Gasteiger partial charge is 0.429 e. The lowest BCUT2D eigenvalue weighted by atomic mass is 9.96. The third kappa shape index (κ3) is 5.84. The second-order valence-corrected chi connectivity index (χ2v) is 10.6. The summed E-state index contributed by atoms with van der Waals surface area (Å²) < 4.78 is 56.4. The Morgan fingerprint density at radius 2 is 1.59 bits per heavy atom. The molecule has 1 heterocycles. The zero-order valence-corrected chi connectivity index (χ0v) is 17.7. The van der Waals surface area contributed by atoms with E-state index in [2.05, 4.69) is 23.8 Å². The maximum Gasteiger partial charge on any atom is 0.387 e. The predicted octanol–water partition coefficient (Wildman–Crippen LogP) is 6.93. The first-order valence-corrected chi connectivity index (χ1v) is 12.3. The lowest BCUT2D eigenvalue weighted by Crippen LogP contribution is -2.33. The lowest BCUT2D eigenvalue weighted by Gasteiger charge is -2.27. The minimum absolute atomic E-state index is 0.310. The maximum atomic E-state index is 14.0. The molecular weight excluding hydrogens is 396 g/mol. The molecule has 3 rings (SSSR count). The SMILES string of the molecule is CCCCCC1CC[Si](c2ccc(-c3cc(F)c(OC(F)F)c(F)c3)cc2)CC1. The molecule has 1 aliphatic rings. The fourth-order valence-corrected chi connectivity index (χ4v) is 7.09. The van der Waals surface area contributed by atoms with Gasteiger partial charge in [-0.25, -0.2) is 8.78 Å². The zero-order chi connectivity index (χ0) is 20.8. The van der Waals surface area contributed by atoms with Crippen LogP contribution >= 0.6 is 0 Å². The van der Waals surface area contributed by atoms with Crippen molar-refractivity contribution in [2.45, 2.75) is 64.1 Å². The van der Waals surface area contributed by atoms with Crippen LogP contribution in [0, 0.1) is 17.6 Å². The average molecular weight is 424 g/mol. The fraction of sp³-hybridized carbons (Fsp3) is 0.478. The third-order valence-corrected chi connectivity index (χ3v) is 8.69. The molecule has 0 aromatic heterocycles. The standard InChI is InChI=1S/C23H27F4OSi/c1-2-3-4-5-16-10-12-29(13-11-16)19-8-6-17(7-9-19)18-14-20(24)22(21(25)15-18)28-23(26)27/h6-9,14-16,23H,2-5,10-13H2,1H3. The molecule has 0 atom stereocenters. The van der Waals surface area contributed by atoms with Crippen molar-refractivity contribution in [1.29, 1.82) is 0 Å². The Kier molecular flexibility index (Phi) is 7.75. The number of halogens is 4. The molecule has 0 spiro atoms. The molecule has 2 aromatic carbocycles.